The van der Waals surface area contributed by atoms with Gasteiger partial charge < -0.3 is 5.32 Å². The summed E-state index contributed by atoms with van der Waals surface area (Å²) in [6.07, 6.45) is 3.95. The highest BCUT2D eigenvalue weighted by molar-refractivity contribution is 7.15. The lowest BCUT2D eigenvalue weighted by Crippen LogP contribution is -2.30. The number of aromatic nitrogens is 4. The highest BCUT2D eigenvalue weighted by atomic mass is 32.1. The van der Waals surface area contributed by atoms with Gasteiger partial charge in [0.2, 0.25) is 5.91 Å². The number of fused-ring (bicyclic) bond motifs is 1. The van der Waals surface area contributed by atoms with Crippen LogP contribution >= 0.6 is 11.3 Å². The number of carbonyl (C=O) groups is 1. The molecule has 3 rings (SSSR count). The lowest BCUT2D eigenvalue weighted by Gasteiger charge is -2.05. The quantitative estimate of drug-likeness (QED) is 0.748. The normalized spacial score (nSPS) is 11.0. The smallest absolute Gasteiger partial charge is 0.258 e. The first-order valence-electron chi connectivity index (χ1n) is 6.84. The Morgan fingerprint density at radius 2 is 2.32 bits per heavy atom. The molecule has 0 bridgehead atoms. The summed E-state index contributed by atoms with van der Waals surface area (Å²) < 4.78 is 3.16. The Morgan fingerprint density at radius 1 is 1.45 bits per heavy atom. The lowest BCUT2D eigenvalue weighted by atomic mass is 10.3. The molecule has 0 fully saturated rings. The van der Waals surface area contributed by atoms with Gasteiger partial charge in [-0.15, -0.1) is 11.3 Å². The Balaban J connectivity index is 1.62. The van der Waals surface area contributed by atoms with Crippen LogP contribution < -0.4 is 10.9 Å². The highest BCUT2D eigenvalue weighted by Gasteiger charge is 2.08. The SMILES string of the molecule is Cc1cc(=O)n2c(CCNC(=O)Cn3cccn3)csc2n1. The minimum Gasteiger partial charge on any atom is -0.354 e. The van der Waals surface area contributed by atoms with Crippen LogP contribution in [0.15, 0.2) is 34.7 Å². The average molecular weight is 317 g/mol. The lowest BCUT2D eigenvalue weighted by molar-refractivity contribution is -0.121. The van der Waals surface area contributed by atoms with E-state index in [1.165, 1.54) is 17.4 Å². The van der Waals surface area contributed by atoms with Crippen LogP contribution in [0.3, 0.4) is 0 Å². The van der Waals surface area contributed by atoms with Crippen molar-refractivity contribution in [2.45, 2.75) is 19.9 Å². The van der Waals surface area contributed by atoms with E-state index in [9.17, 15) is 9.59 Å². The number of carbonyl (C=O) groups excluding carboxylic acids is 1. The van der Waals surface area contributed by atoms with E-state index in [1.54, 1.807) is 34.5 Å². The molecule has 3 aromatic heterocycles. The van der Waals surface area contributed by atoms with E-state index in [0.29, 0.717) is 23.6 Å². The summed E-state index contributed by atoms with van der Waals surface area (Å²) >= 11 is 1.43. The molecule has 0 aliphatic carbocycles. The van der Waals surface area contributed by atoms with Crippen LogP contribution in [0.2, 0.25) is 0 Å². The summed E-state index contributed by atoms with van der Waals surface area (Å²) in [5, 5.41) is 8.71. The fourth-order valence-electron chi connectivity index (χ4n) is 2.19. The maximum absolute atomic E-state index is 12.0. The first-order valence-corrected chi connectivity index (χ1v) is 7.72. The molecule has 0 aliphatic heterocycles. The molecule has 0 radical (unpaired) electrons. The Morgan fingerprint density at radius 3 is 3.09 bits per heavy atom. The molecule has 22 heavy (non-hydrogen) atoms. The largest absolute Gasteiger partial charge is 0.354 e. The van der Waals surface area contributed by atoms with Crippen molar-refractivity contribution in [2.24, 2.45) is 0 Å². The number of hydrogen-bond donors (Lipinski definition) is 1. The fourth-order valence-corrected chi connectivity index (χ4v) is 3.16. The van der Waals surface area contributed by atoms with Crippen LogP contribution in [-0.4, -0.2) is 31.6 Å². The van der Waals surface area contributed by atoms with E-state index in [2.05, 4.69) is 15.4 Å². The monoisotopic (exact) mass is 317 g/mol. The number of nitrogens with zero attached hydrogens (tertiary/aromatic N) is 4. The van der Waals surface area contributed by atoms with E-state index in [4.69, 9.17) is 0 Å². The molecular weight excluding hydrogens is 302 g/mol. The second kappa shape index (κ2) is 6.10. The summed E-state index contributed by atoms with van der Waals surface area (Å²) in [6.45, 7) is 2.46. The molecule has 114 valence electrons. The molecule has 0 spiro atoms. The number of amides is 1. The van der Waals surface area contributed by atoms with Gasteiger partial charge in [-0.05, 0) is 13.0 Å². The van der Waals surface area contributed by atoms with Gasteiger partial charge in [0.1, 0.15) is 6.54 Å². The van der Waals surface area contributed by atoms with E-state index in [1.807, 2.05) is 5.38 Å². The second-order valence-corrected chi connectivity index (χ2v) is 5.72. The zero-order chi connectivity index (χ0) is 15.5. The topological polar surface area (TPSA) is 81.3 Å². The third-order valence-corrected chi connectivity index (χ3v) is 4.05. The first-order chi connectivity index (χ1) is 10.6. The van der Waals surface area contributed by atoms with Gasteiger partial charge in [-0.3, -0.25) is 18.7 Å². The van der Waals surface area contributed by atoms with Crippen LogP contribution in [0.5, 0.6) is 0 Å². The third kappa shape index (κ3) is 3.06. The number of rotatable bonds is 5. The second-order valence-electron chi connectivity index (χ2n) is 4.88. The number of aryl methyl sites for hydroxylation is 1. The minimum absolute atomic E-state index is 0.0818. The molecule has 0 aliphatic rings. The zero-order valence-electron chi connectivity index (χ0n) is 12.0. The molecule has 1 amide bonds. The average Bonchev–Trinajstić information content (AvgIpc) is 3.08. The molecule has 8 heteroatoms. The number of hydrogen-bond acceptors (Lipinski definition) is 5. The Kier molecular flexibility index (Phi) is 4.01. The predicted molar refractivity (Wildman–Crippen MR) is 83.0 cm³/mol. The number of thiazole rings is 1. The van der Waals surface area contributed by atoms with Crippen LogP contribution in [0, 0.1) is 6.92 Å². The van der Waals surface area contributed by atoms with Crippen LogP contribution in [0.1, 0.15) is 11.4 Å². The van der Waals surface area contributed by atoms with E-state index in [0.717, 1.165) is 5.69 Å². The van der Waals surface area contributed by atoms with Crippen LogP contribution in [-0.2, 0) is 17.8 Å². The first kappa shape index (κ1) is 14.5. The highest BCUT2D eigenvalue weighted by Crippen LogP contribution is 2.12. The Bertz CT molecular complexity index is 850. The van der Waals surface area contributed by atoms with Crippen LogP contribution in [0.25, 0.3) is 4.96 Å². The van der Waals surface area contributed by atoms with Crippen molar-refractivity contribution >= 4 is 22.2 Å². The van der Waals surface area contributed by atoms with Gasteiger partial charge >= 0.3 is 0 Å². The molecule has 0 saturated carbocycles. The van der Waals surface area contributed by atoms with Gasteiger partial charge in [0.15, 0.2) is 4.96 Å². The van der Waals surface area contributed by atoms with Crippen molar-refractivity contribution in [1.82, 2.24) is 24.5 Å². The molecule has 7 nitrogen and oxygen atoms in total. The molecular formula is C14H15N5O2S. The maximum Gasteiger partial charge on any atom is 0.258 e. The summed E-state index contributed by atoms with van der Waals surface area (Å²) in [5.74, 6) is -0.107. The minimum atomic E-state index is -0.107. The standard InChI is InChI=1S/C14H15N5O2S/c1-10-7-13(21)19-11(9-22-14(19)17-10)3-5-15-12(20)8-18-6-2-4-16-18/h2,4,6-7,9H,3,5,8H2,1H3,(H,15,20). The molecule has 0 atom stereocenters. The molecule has 0 aromatic carbocycles. The molecule has 0 unspecified atom stereocenters. The van der Waals surface area contributed by atoms with E-state index < -0.39 is 0 Å². The summed E-state index contributed by atoms with van der Waals surface area (Å²) in [4.78, 5) is 28.8. The van der Waals surface area contributed by atoms with E-state index >= 15 is 0 Å². The zero-order valence-corrected chi connectivity index (χ0v) is 12.8. The van der Waals surface area contributed by atoms with Gasteiger partial charge in [0.05, 0.1) is 0 Å². The maximum atomic E-state index is 12.0. The van der Waals surface area contributed by atoms with E-state index in [-0.39, 0.29) is 18.0 Å². The van der Waals surface area contributed by atoms with Crippen molar-refractivity contribution in [1.29, 1.82) is 0 Å². The molecule has 3 heterocycles. The van der Waals surface area contributed by atoms with Gasteiger partial charge in [-0.25, -0.2) is 4.98 Å². The molecule has 0 saturated heterocycles. The van der Waals surface area contributed by atoms with Crippen molar-refractivity contribution in [3.05, 3.63) is 51.6 Å². The van der Waals surface area contributed by atoms with Gasteiger partial charge in [-0.2, -0.15) is 5.10 Å². The van der Waals surface area contributed by atoms with Gasteiger partial charge in [0.25, 0.3) is 5.56 Å². The molecule has 1 N–H and O–H groups in total. The number of nitrogens with one attached hydrogen (secondary N) is 1. The fraction of sp³-hybridized carbons (Fsp3) is 0.286. The summed E-state index contributed by atoms with van der Waals surface area (Å²) in [6, 6.07) is 3.28. The van der Waals surface area contributed by atoms with Gasteiger partial charge in [-0.1, -0.05) is 0 Å². The van der Waals surface area contributed by atoms with Crippen molar-refractivity contribution in [3.8, 4) is 0 Å². The van der Waals surface area contributed by atoms with Crippen molar-refractivity contribution in [2.75, 3.05) is 6.54 Å². The summed E-state index contributed by atoms with van der Waals surface area (Å²) in [7, 11) is 0. The summed E-state index contributed by atoms with van der Waals surface area (Å²) in [5.41, 5.74) is 1.49. The Labute approximate surface area is 130 Å². The Hall–Kier alpha value is -2.48. The predicted octanol–water partition coefficient (Wildman–Crippen LogP) is 0.620. The molecule has 3 aromatic rings. The van der Waals surface area contributed by atoms with Crippen LogP contribution in [0.4, 0.5) is 0 Å². The third-order valence-electron chi connectivity index (χ3n) is 3.17. The van der Waals surface area contributed by atoms with Crippen molar-refractivity contribution in [3.63, 3.8) is 0 Å². The van der Waals surface area contributed by atoms with Gasteiger partial charge in [0, 0.05) is 48.2 Å². The van der Waals surface area contributed by atoms with Crippen molar-refractivity contribution < 1.29 is 4.79 Å².